The van der Waals surface area contributed by atoms with Gasteiger partial charge in [0.15, 0.2) is 5.82 Å². The van der Waals surface area contributed by atoms with Gasteiger partial charge in [-0.15, -0.1) is 0 Å². The number of H-pyrrole nitrogens is 1. The summed E-state index contributed by atoms with van der Waals surface area (Å²) >= 11 is 0. The van der Waals surface area contributed by atoms with E-state index in [4.69, 9.17) is 0 Å². The lowest BCUT2D eigenvalue weighted by Gasteiger charge is -2.30. The third kappa shape index (κ3) is 4.50. The maximum absolute atomic E-state index is 13.2. The third-order valence-corrected chi connectivity index (χ3v) is 9.28. The highest BCUT2D eigenvalue weighted by Gasteiger charge is 2.33. The first-order valence-corrected chi connectivity index (χ1v) is 13.9. The fourth-order valence-electron chi connectivity index (χ4n) is 5.14. The number of sulfonamides is 1. The minimum Gasteiger partial charge on any atom is -0.326 e. The Hall–Kier alpha value is -3.04. The molecule has 2 fully saturated rings. The monoisotopic (exact) mass is 491 g/mol. The molecular weight excluding hydrogens is 462 g/mol. The van der Waals surface area contributed by atoms with Crippen molar-refractivity contribution in [3.05, 3.63) is 59.4 Å². The normalized spacial score (nSPS) is 19.0. The SMILES string of the molecule is O=C(Nc1cccc(-c2n[nH]c(C3CC3)n2)c1)C1CCN(S(=O)(=O)c2ccc3c(c2)CCC3)CC1. The Morgan fingerprint density at radius 1 is 1.00 bits per heavy atom. The minimum atomic E-state index is -3.54. The van der Waals surface area contributed by atoms with Crippen LogP contribution >= 0.6 is 0 Å². The van der Waals surface area contributed by atoms with Gasteiger partial charge in [0.25, 0.3) is 0 Å². The van der Waals surface area contributed by atoms with E-state index in [1.54, 1.807) is 6.07 Å². The first-order chi connectivity index (χ1) is 17.0. The molecule has 1 saturated heterocycles. The van der Waals surface area contributed by atoms with Gasteiger partial charge < -0.3 is 5.32 Å². The molecule has 2 N–H and O–H groups in total. The number of nitrogens with zero attached hydrogens (tertiary/aromatic N) is 3. The quantitative estimate of drug-likeness (QED) is 0.544. The molecule has 2 aromatic carbocycles. The number of piperidine rings is 1. The van der Waals surface area contributed by atoms with Crippen LogP contribution in [0.25, 0.3) is 11.4 Å². The summed E-state index contributed by atoms with van der Waals surface area (Å²) < 4.78 is 27.9. The van der Waals surface area contributed by atoms with Gasteiger partial charge in [-0.25, -0.2) is 13.4 Å². The van der Waals surface area contributed by atoms with Crippen molar-refractivity contribution in [2.45, 2.75) is 55.8 Å². The molecule has 182 valence electrons. The molecule has 2 heterocycles. The number of carbonyl (C=O) groups is 1. The Labute approximate surface area is 205 Å². The number of aromatic nitrogens is 3. The predicted octanol–water partition coefficient (Wildman–Crippen LogP) is 3.88. The van der Waals surface area contributed by atoms with E-state index in [-0.39, 0.29) is 11.8 Å². The van der Waals surface area contributed by atoms with E-state index in [1.807, 2.05) is 36.4 Å². The zero-order chi connectivity index (χ0) is 24.0. The number of hydrogen-bond donors (Lipinski definition) is 2. The number of anilines is 1. The molecule has 1 amide bonds. The second kappa shape index (κ2) is 8.87. The Balaban J connectivity index is 1.08. The van der Waals surface area contributed by atoms with Crippen molar-refractivity contribution in [3.8, 4) is 11.4 Å². The summed E-state index contributed by atoms with van der Waals surface area (Å²) in [6.07, 6.45) is 6.36. The number of aromatic amines is 1. The molecule has 35 heavy (non-hydrogen) atoms. The summed E-state index contributed by atoms with van der Waals surface area (Å²) in [6.45, 7) is 0.692. The van der Waals surface area contributed by atoms with Gasteiger partial charge in [0.1, 0.15) is 5.82 Å². The third-order valence-electron chi connectivity index (χ3n) is 7.39. The molecule has 0 bridgehead atoms. The lowest BCUT2D eigenvalue weighted by Crippen LogP contribution is -2.41. The van der Waals surface area contributed by atoms with Gasteiger partial charge in [-0.3, -0.25) is 9.89 Å². The average molecular weight is 492 g/mol. The Kier molecular flexibility index (Phi) is 5.69. The maximum atomic E-state index is 13.2. The van der Waals surface area contributed by atoms with Gasteiger partial charge in [0.2, 0.25) is 15.9 Å². The molecule has 3 aromatic rings. The van der Waals surface area contributed by atoms with Crippen molar-refractivity contribution in [3.63, 3.8) is 0 Å². The van der Waals surface area contributed by atoms with Crippen molar-refractivity contribution in [2.75, 3.05) is 18.4 Å². The first-order valence-electron chi connectivity index (χ1n) is 12.4. The topological polar surface area (TPSA) is 108 Å². The van der Waals surface area contributed by atoms with Crippen LogP contribution < -0.4 is 5.32 Å². The number of aryl methyl sites for hydroxylation is 2. The molecule has 0 unspecified atom stereocenters. The number of carbonyl (C=O) groups excluding carboxylic acids is 1. The fraction of sp³-hybridized carbons (Fsp3) is 0.423. The average Bonchev–Trinajstić information content (AvgIpc) is 3.41. The van der Waals surface area contributed by atoms with E-state index in [0.717, 1.165) is 49.1 Å². The molecule has 8 nitrogen and oxygen atoms in total. The molecule has 0 atom stereocenters. The van der Waals surface area contributed by atoms with E-state index in [0.29, 0.717) is 48.3 Å². The number of amides is 1. The van der Waals surface area contributed by atoms with Crippen molar-refractivity contribution < 1.29 is 13.2 Å². The second-order valence-electron chi connectivity index (χ2n) is 9.85. The van der Waals surface area contributed by atoms with Crippen LogP contribution in [0.1, 0.15) is 55.0 Å². The van der Waals surface area contributed by atoms with Crippen LogP contribution in [0.4, 0.5) is 5.69 Å². The molecule has 2 aliphatic carbocycles. The van der Waals surface area contributed by atoms with Crippen LogP contribution in [-0.4, -0.2) is 46.9 Å². The van der Waals surface area contributed by atoms with E-state index < -0.39 is 10.0 Å². The Morgan fingerprint density at radius 3 is 2.60 bits per heavy atom. The number of benzene rings is 2. The molecule has 1 aliphatic heterocycles. The van der Waals surface area contributed by atoms with Gasteiger partial charge in [0.05, 0.1) is 4.90 Å². The van der Waals surface area contributed by atoms with E-state index >= 15 is 0 Å². The van der Waals surface area contributed by atoms with Crippen LogP contribution in [0.5, 0.6) is 0 Å². The Morgan fingerprint density at radius 2 is 1.80 bits per heavy atom. The minimum absolute atomic E-state index is 0.0783. The summed E-state index contributed by atoms with van der Waals surface area (Å²) in [7, 11) is -3.54. The fourth-order valence-corrected chi connectivity index (χ4v) is 6.66. The smallest absolute Gasteiger partial charge is 0.243 e. The number of hydrogen-bond acceptors (Lipinski definition) is 5. The van der Waals surface area contributed by atoms with Crippen LogP contribution in [-0.2, 0) is 27.7 Å². The maximum Gasteiger partial charge on any atom is 0.243 e. The number of fused-ring (bicyclic) bond motifs is 1. The van der Waals surface area contributed by atoms with Crippen molar-refractivity contribution in [1.29, 1.82) is 0 Å². The molecule has 9 heteroatoms. The van der Waals surface area contributed by atoms with E-state index in [1.165, 1.54) is 9.87 Å². The van der Waals surface area contributed by atoms with E-state index in [9.17, 15) is 13.2 Å². The van der Waals surface area contributed by atoms with Crippen molar-refractivity contribution in [2.24, 2.45) is 5.92 Å². The molecule has 1 saturated carbocycles. The van der Waals surface area contributed by atoms with Crippen molar-refractivity contribution in [1.82, 2.24) is 19.5 Å². The van der Waals surface area contributed by atoms with Gasteiger partial charge in [0, 0.05) is 36.2 Å². The highest BCUT2D eigenvalue weighted by molar-refractivity contribution is 7.89. The van der Waals surface area contributed by atoms with Gasteiger partial charge in [-0.2, -0.15) is 9.40 Å². The number of rotatable bonds is 6. The second-order valence-corrected chi connectivity index (χ2v) is 11.8. The Bertz CT molecular complexity index is 1370. The predicted molar refractivity (Wildman–Crippen MR) is 132 cm³/mol. The van der Waals surface area contributed by atoms with Gasteiger partial charge in [-0.05, 0) is 80.3 Å². The first kappa shape index (κ1) is 22.4. The van der Waals surface area contributed by atoms with Crippen LogP contribution in [0.3, 0.4) is 0 Å². The highest BCUT2D eigenvalue weighted by atomic mass is 32.2. The lowest BCUT2D eigenvalue weighted by atomic mass is 9.97. The van der Waals surface area contributed by atoms with Gasteiger partial charge in [-0.1, -0.05) is 18.2 Å². The zero-order valence-corrected chi connectivity index (χ0v) is 20.4. The lowest BCUT2D eigenvalue weighted by molar-refractivity contribution is -0.120. The molecule has 1 aromatic heterocycles. The summed E-state index contributed by atoms with van der Waals surface area (Å²) in [5.41, 5.74) is 3.95. The molecule has 6 rings (SSSR count). The summed E-state index contributed by atoms with van der Waals surface area (Å²) in [5.74, 6) is 1.75. The van der Waals surface area contributed by atoms with Crippen LogP contribution in [0, 0.1) is 5.92 Å². The summed E-state index contributed by atoms with van der Waals surface area (Å²) in [6, 6.07) is 13.1. The molecule has 0 radical (unpaired) electrons. The molecular formula is C26H29N5O3S. The highest BCUT2D eigenvalue weighted by Crippen LogP contribution is 2.38. The van der Waals surface area contributed by atoms with Crippen LogP contribution in [0.15, 0.2) is 47.4 Å². The standard InChI is InChI=1S/C26H29N5O3S/c32-26(27-22-6-2-5-21(15-22)25-28-24(29-30-25)18-7-8-18)19-11-13-31(14-12-19)35(33,34)23-10-9-17-3-1-4-20(17)16-23/h2,5-6,9-10,15-16,18-19H,1,3-4,7-8,11-14H2,(H,27,32)(H,28,29,30). The van der Waals surface area contributed by atoms with Crippen LogP contribution in [0.2, 0.25) is 0 Å². The summed E-state index contributed by atoms with van der Waals surface area (Å²) in [5, 5.41) is 10.3. The molecule has 3 aliphatic rings. The largest absolute Gasteiger partial charge is 0.326 e. The molecule has 0 spiro atoms. The number of nitrogens with one attached hydrogen (secondary N) is 2. The van der Waals surface area contributed by atoms with E-state index in [2.05, 4.69) is 20.5 Å². The van der Waals surface area contributed by atoms with Gasteiger partial charge >= 0.3 is 0 Å². The van der Waals surface area contributed by atoms with Crippen molar-refractivity contribution >= 4 is 21.6 Å². The zero-order valence-electron chi connectivity index (χ0n) is 19.5. The summed E-state index contributed by atoms with van der Waals surface area (Å²) in [4.78, 5) is 17.9.